The van der Waals surface area contributed by atoms with Crippen LogP contribution in [0, 0.1) is 34.0 Å². The van der Waals surface area contributed by atoms with Gasteiger partial charge in [0.2, 0.25) is 0 Å². The van der Waals surface area contributed by atoms with Crippen molar-refractivity contribution in [1.82, 2.24) is 6.15 Å². The van der Waals surface area contributed by atoms with E-state index in [-0.39, 0.29) is 22.4 Å². The van der Waals surface area contributed by atoms with Crippen LogP contribution in [0.4, 0.5) is 0 Å². The molecule has 0 amide bonds. The molecule has 9 aliphatic carbocycles. The normalized spacial score (nSPS) is 41.1. The molecule has 6 N–H and O–H groups in total. The number of hydrogen-bond acceptors (Lipinski definition) is 4. The molecule has 0 unspecified atom stereocenters. The van der Waals surface area contributed by atoms with Crippen molar-refractivity contribution >= 4 is 17.9 Å². The molecule has 0 spiro atoms. The Morgan fingerprint density at radius 1 is 0.412 bits per heavy atom. The summed E-state index contributed by atoms with van der Waals surface area (Å²) in [6.07, 6.45) is 18.9. The van der Waals surface area contributed by atoms with Gasteiger partial charge >= 0.3 is 17.9 Å². The Labute approximate surface area is 203 Å². The van der Waals surface area contributed by atoms with E-state index in [4.69, 9.17) is 15.3 Å². The fraction of sp³-hybridized carbons (Fsp3) is 0.889. The molecule has 9 rings (SSSR count). The van der Waals surface area contributed by atoms with Gasteiger partial charge < -0.3 is 21.5 Å². The highest BCUT2D eigenvalue weighted by molar-refractivity contribution is 5.75. The molecule has 0 heterocycles. The first kappa shape index (κ1) is 27.0. The van der Waals surface area contributed by atoms with Crippen molar-refractivity contribution in [2.75, 3.05) is 0 Å². The highest BCUT2D eigenvalue weighted by Gasteiger charge is 2.47. The van der Waals surface area contributed by atoms with Crippen molar-refractivity contribution in [2.45, 2.75) is 116 Å². The second-order valence-corrected chi connectivity index (χ2v) is 12.2. The van der Waals surface area contributed by atoms with Gasteiger partial charge in [-0.3, -0.25) is 14.4 Å². The lowest BCUT2D eigenvalue weighted by molar-refractivity contribution is -0.156. The minimum Gasteiger partial charge on any atom is -0.481 e. The summed E-state index contributed by atoms with van der Waals surface area (Å²) in [5.74, 6) is 0.936. The minimum absolute atomic E-state index is 0. The monoisotopic (exact) mass is 479 g/mol. The first-order chi connectivity index (χ1) is 15.7. The number of fused-ring (bicyclic) bond motifs is 9. The van der Waals surface area contributed by atoms with Crippen molar-refractivity contribution < 1.29 is 29.7 Å². The number of aliphatic carboxylic acids is 3. The van der Waals surface area contributed by atoms with E-state index in [1.807, 2.05) is 0 Å². The number of carboxylic acid groups (broad SMARTS) is 3. The Kier molecular flexibility index (Phi) is 8.37. The maximum absolute atomic E-state index is 10.9. The van der Waals surface area contributed by atoms with Crippen molar-refractivity contribution in [3.05, 3.63) is 0 Å². The van der Waals surface area contributed by atoms with E-state index in [2.05, 4.69) is 0 Å². The van der Waals surface area contributed by atoms with E-state index < -0.39 is 17.9 Å². The Hall–Kier alpha value is -1.63. The van der Waals surface area contributed by atoms with E-state index in [1.54, 1.807) is 0 Å². The molecule has 9 fully saturated rings. The van der Waals surface area contributed by atoms with Gasteiger partial charge in [0.1, 0.15) is 0 Å². The number of carboxylic acids is 3. The average Bonchev–Trinajstić information content (AvgIpc) is 2.88. The van der Waals surface area contributed by atoms with Crippen LogP contribution in [0.5, 0.6) is 0 Å². The molecule has 0 aliphatic heterocycles. The first-order valence-electron chi connectivity index (χ1n) is 13.4. The van der Waals surface area contributed by atoms with Crippen LogP contribution in [0.2, 0.25) is 0 Å². The zero-order chi connectivity index (χ0) is 23.7. The summed E-state index contributed by atoms with van der Waals surface area (Å²) in [6, 6.07) is 0. The fourth-order valence-electron chi connectivity index (χ4n) is 7.71. The zero-order valence-electron chi connectivity index (χ0n) is 20.7. The summed E-state index contributed by atoms with van der Waals surface area (Å²) in [6.45, 7) is 0. The van der Waals surface area contributed by atoms with Gasteiger partial charge in [-0.2, -0.15) is 0 Å². The number of carbonyl (C=O) groups is 3. The second kappa shape index (κ2) is 10.5. The van der Waals surface area contributed by atoms with Crippen LogP contribution in [-0.4, -0.2) is 33.2 Å². The molecule has 34 heavy (non-hydrogen) atoms. The van der Waals surface area contributed by atoms with Crippen LogP contribution in [0.1, 0.15) is 116 Å². The number of hydrogen-bond donors (Lipinski definition) is 4. The van der Waals surface area contributed by atoms with Gasteiger partial charge in [0, 0.05) is 0 Å². The maximum atomic E-state index is 10.9. The lowest BCUT2D eigenvalue weighted by Crippen LogP contribution is -2.40. The predicted molar refractivity (Wildman–Crippen MR) is 129 cm³/mol. The SMILES string of the molecule is N.O=C(O)C12CCC(CC1)CC2.O=C(O)C12CCC(CC1)CC2.O=C(O)C12CCC(CC1)CC2. The summed E-state index contributed by atoms with van der Waals surface area (Å²) in [5, 5.41) is 27.0. The van der Waals surface area contributed by atoms with Gasteiger partial charge in [-0.1, -0.05) is 0 Å². The molecule has 0 atom stereocenters. The van der Waals surface area contributed by atoms with Gasteiger partial charge in [-0.15, -0.1) is 0 Å². The largest absolute Gasteiger partial charge is 0.481 e. The summed E-state index contributed by atoms with van der Waals surface area (Å²) < 4.78 is 0. The molecular weight excluding hydrogens is 434 g/mol. The molecular formula is C27H45NO6. The highest BCUT2D eigenvalue weighted by atomic mass is 16.4. The molecule has 0 aromatic rings. The van der Waals surface area contributed by atoms with Gasteiger partial charge in [-0.05, 0) is 133 Å². The van der Waals surface area contributed by atoms with Crippen LogP contribution in [0.3, 0.4) is 0 Å². The van der Waals surface area contributed by atoms with Crippen molar-refractivity contribution in [3.63, 3.8) is 0 Å². The molecule has 7 nitrogen and oxygen atoms in total. The first-order valence-corrected chi connectivity index (χ1v) is 13.4. The third-order valence-corrected chi connectivity index (χ3v) is 10.6. The van der Waals surface area contributed by atoms with E-state index in [0.29, 0.717) is 0 Å². The average molecular weight is 480 g/mol. The Morgan fingerprint density at radius 2 is 0.559 bits per heavy atom. The van der Waals surface area contributed by atoms with Crippen LogP contribution in [-0.2, 0) is 14.4 Å². The summed E-state index contributed by atoms with van der Waals surface area (Å²) >= 11 is 0. The third-order valence-electron chi connectivity index (χ3n) is 10.6. The zero-order valence-corrected chi connectivity index (χ0v) is 20.7. The van der Waals surface area contributed by atoms with Gasteiger partial charge in [0.25, 0.3) is 0 Å². The maximum Gasteiger partial charge on any atom is 0.309 e. The standard InChI is InChI=1S/3C9H14O2.H3N/c3*10-8(11)9-4-1-7(2-5-9)3-6-9;/h3*7H,1-6H2,(H,10,11);1H3. The van der Waals surface area contributed by atoms with Crippen molar-refractivity contribution in [2.24, 2.45) is 34.0 Å². The van der Waals surface area contributed by atoms with Gasteiger partial charge in [0.15, 0.2) is 0 Å². The van der Waals surface area contributed by atoms with Crippen LogP contribution >= 0.6 is 0 Å². The lowest BCUT2D eigenvalue weighted by atomic mass is 9.61. The summed E-state index contributed by atoms with van der Waals surface area (Å²) in [5.41, 5.74) is -0.891. The Bertz CT molecular complexity index is 599. The van der Waals surface area contributed by atoms with E-state index >= 15 is 0 Å². The van der Waals surface area contributed by atoms with Crippen LogP contribution in [0.25, 0.3) is 0 Å². The quantitative estimate of drug-likeness (QED) is 0.372. The molecule has 0 aromatic carbocycles. The van der Waals surface area contributed by atoms with E-state index in [1.165, 1.54) is 0 Å². The second-order valence-electron chi connectivity index (χ2n) is 12.2. The summed E-state index contributed by atoms with van der Waals surface area (Å²) in [7, 11) is 0. The van der Waals surface area contributed by atoms with Gasteiger partial charge in [-0.25, -0.2) is 0 Å². The van der Waals surface area contributed by atoms with Crippen molar-refractivity contribution in [3.8, 4) is 0 Å². The third kappa shape index (κ3) is 5.29. The van der Waals surface area contributed by atoms with Gasteiger partial charge in [0.05, 0.1) is 16.2 Å². The molecule has 9 saturated carbocycles. The molecule has 0 radical (unpaired) electrons. The molecule has 7 heteroatoms. The smallest absolute Gasteiger partial charge is 0.309 e. The summed E-state index contributed by atoms with van der Waals surface area (Å²) in [4.78, 5) is 32.8. The molecule has 6 bridgehead atoms. The van der Waals surface area contributed by atoms with Crippen molar-refractivity contribution in [1.29, 1.82) is 0 Å². The molecule has 0 aromatic heterocycles. The van der Waals surface area contributed by atoms with E-state index in [9.17, 15) is 14.4 Å². The fourth-order valence-corrected chi connectivity index (χ4v) is 7.71. The van der Waals surface area contributed by atoms with Crippen LogP contribution in [0.15, 0.2) is 0 Å². The molecule has 9 aliphatic rings. The number of rotatable bonds is 3. The highest BCUT2D eigenvalue weighted by Crippen LogP contribution is 2.52. The Balaban J connectivity index is 0.000000141. The molecule has 0 saturated heterocycles. The topological polar surface area (TPSA) is 147 Å². The molecule has 194 valence electrons. The predicted octanol–water partition coefficient (Wildman–Crippen LogP) is 6.29. The van der Waals surface area contributed by atoms with E-state index in [0.717, 1.165) is 133 Å². The lowest BCUT2D eigenvalue weighted by Gasteiger charge is -2.43. The Morgan fingerprint density at radius 3 is 0.647 bits per heavy atom. The minimum atomic E-state index is -0.546. The van der Waals surface area contributed by atoms with Crippen LogP contribution < -0.4 is 6.15 Å².